The third-order valence-electron chi connectivity index (χ3n) is 2.33. The average molecular weight is 196 g/mol. The summed E-state index contributed by atoms with van der Waals surface area (Å²) >= 11 is 0. The second-order valence-electron chi connectivity index (χ2n) is 3.34. The fourth-order valence-electron chi connectivity index (χ4n) is 1.31. The number of aliphatic hydroxyl groups is 2. The lowest BCUT2D eigenvalue weighted by Gasteiger charge is -2.16. The zero-order valence-corrected chi connectivity index (χ0v) is 8.22. The van der Waals surface area contributed by atoms with Gasteiger partial charge in [0, 0.05) is 12.1 Å². The monoisotopic (exact) mass is 196 g/mol. The van der Waals surface area contributed by atoms with Gasteiger partial charge in [0.2, 0.25) is 0 Å². The molecule has 0 aromatic heterocycles. The molecule has 14 heavy (non-hydrogen) atoms. The Balaban J connectivity index is 2.75. The molecule has 1 saturated heterocycles. The summed E-state index contributed by atoms with van der Waals surface area (Å²) in [5.41, 5.74) is 6.80. The van der Waals surface area contributed by atoms with Gasteiger partial charge in [-0.2, -0.15) is 0 Å². The molecule has 4 nitrogen and oxygen atoms in total. The predicted molar refractivity (Wildman–Crippen MR) is 54.9 cm³/mol. The van der Waals surface area contributed by atoms with Crippen molar-refractivity contribution < 1.29 is 10.2 Å². The molecule has 0 radical (unpaired) electrons. The van der Waals surface area contributed by atoms with Crippen LogP contribution >= 0.6 is 0 Å². The highest BCUT2D eigenvalue weighted by atomic mass is 16.3. The number of aliphatic hydroxyl groups excluding tert-OH is 2. The Morgan fingerprint density at radius 1 is 1.64 bits per heavy atom. The van der Waals surface area contributed by atoms with Crippen LogP contribution in [0.5, 0.6) is 0 Å². The fraction of sp³-hybridized carbons (Fsp3) is 0.400. The molecule has 1 fully saturated rings. The Morgan fingerprint density at radius 3 is 2.71 bits per heavy atom. The molecule has 0 aliphatic carbocycles. The molecule has 0 spiro atoms. The quantitative estimate of drug-likeness (QED) is 0.540. The van der Waals surface area contributed by atoms with Gasteiger partial charge in [0.05, 0.1) is 0 Å². The highest BCUT2D eigenvalue weighted by molar-refractivity contribution is 5.25. The van der Waals surface area contributed by atoms with Gasteiger partial charge in [-0.05, 0) is 24.8 Å². The minimum atomic E-state index is -0.723. The molecule has 4 heteroatoms. The van der Waals surface area contributed by atoms with Crippen molar-refractivity contribution in [2.75, 3.05) is 7.05 Å². The van der Waals surface area contributed by atoms with Crippen LogP contribution in [-0.2, 0) is 0 Å². The third kappa shape index (κ3) is 2.23. The molecule has 0 aromatic carbocycles. The summed E-state index contributed by atoms with van der Waals surface area (Å²) in [6.45, 7) is 3.51. The molecule has 4 N–H and O–H groups in total. The van der Waals surface area contributed by atoms with E-state index in [2.05, 4.69) is 6.58 Å². The maximum absolute atomic E-state index is 9.62. The van der Waals surface area contributed by atoms with Crippen molar-refractivity contribution in [2.24, 2.45) is 5.73 Å². The standard InChI is InChI=1S/C10H16N2O2/c1-3-8(11)5-4-7-6-9(13)12(2)10(7)14/h3-5,9-10,13-14H,1,6,11H2,2H3/b7-4+,8-5+. The van der Waals surface area contributed by atoms with Crippen molar-refractivity contribution in [1.29, 1.82) is 0 Å². The number of likely N-dealkylation sites (tertiary alicyclic amines) is 1. The lowest BCUT2D eigenvalue weighted by atomic mass is 10.2. The van der Waals surface area contributed by atoms with Crippen LogP contribution in [0.15, 0.2) is 36.1 Å². The first-order valence-corrected chi connectivity index (χ1v) is 4.43. The summed E-state index contributed by atoms with van der Waals surface area (Å²) in [5, 5.41) is 19.0. The molecule has 0 aromatic rings. The van der Waals surface area contributed by atoms with Gasteiger partial charge in [0.15, 0.2) is 0 Å². The van der Waals surface area contributed by atoms with E-state index in [0.29, 0.717) is 12.1 Å². The van der Waals surface area contributed by atoms with E-state index in [1.54, 1.807) is 19.2 Å². The Kier molecular flexibility index (Phi) is 3.46. The van der Waals surface area contributed by atoms with Crippen molar-refractivity contribution in [2.45, 2.75) is 18.9 Å². The summed E-state index contributed by atoms with van der Waals surface area (Å²) < 4.78 is 0. The summed E-state index contributed by atoms with van der Waals surface area (Å²) in [5.74, 6) is 0. The van der Waals surface area contributed by atoms with Crippen molar-refractivity contribution >= 4 is 0 Å². The first kappa shape index (κ1) is 11.0. The van der Waals surface area contributed by atoms with Gasteiger partial charge in [0.25, 0.3) is 0 Å². The molecule has 1 heterocycles. The maximum Gasteiger partial charge on any atom is 0.131 e. The van der Waals surface area contributed by atoms with Gasteiger partial charge in [-0.15, -0.1) is 0 Å². The highest BCUT2D eigenvalue weighted by Crippen LogP contribution is 2.24. The van der Waals surface area contributed by atoms with Crippen LogP contribution in [0.4, 0.5) is 0 Å². The number of likely N-dealkylation sites (N-methyl/N-ethyl adjacent to an activating group) is 1. The Labute approximate surface area is 83.6 Å². The minimum Gasteiger partial charge on any atom is -0.399 e. The number of hydrogen-bond donors (Lipinski definition) is 3. The van der Waals surface area contributed by atoms with Crippen molar-refractivity contribution in [3.8, 4) is 0 Å². The molecule has 2 atom stereocenters. The van der Waals surface area contributed by atoms with Crippen LogP contribution in [0.3, 0.4) is 0 Å². The van der Waals surface area contributed by atoms with E-state index in [0.717, 1.165) is 5.57 Å². The van der Waals surface area contributed by atoms with Crippen molar-refractivity contribution in [1.82, 2.24) is 4.90 Å². The average Bonchev–Trinajstić information content (AvgIpc) is 2.42. The molecule has 1 aliphatic rings. The second-order valence-corrected chi connectivity index (χ2v) is 3.34. The smallest absolute Gasteiger partial charge is 0.131 e. The molecule has 0 amide bonds. The van der Waals surface area contributed by atoms with Crippen LogP contribution in [0.25, 0.3) is 0 Å². The molecule has 2 unspecified atom stereocenters. The number of rotatable bonds is 2. The van der Waals surface area contributed by atoms with E-state index in [1.807, 2.05) is 0 Å². The highest BCUT2D eigenvalue weighted by Gasteiger charge is 2.30. The molecule has 0 bridgehead atoms. The fourth-order valence-corrected chi connectivity index (χ4v) is 1.31. The van der Waals surface area contributed by atoms with Crippen LogP contribution in [-0.4, -0.2) is 34.6 Å². The van der Waals surface area contributed by atoms with E-state index >= 15 is 0 Å². The third-order valence-corrected chi connectivity index (χ3v) is 2.33. The number of allylic oxidation sites excluding steroid dienone is 3. The van der Waals surface area contributed by atoms with Crippen molar-refractivity contribution in [3.63, 3.8) is 0 Å². The van der Waals surface area contributed by atoms with Gasteiger partial charge in [-0.3, -0.25) is 4.90 Å². The molecular weight excluding hydrogens is 180 g/mol. The van der Waals surface area contributed by atoms with E-state index in [1.165, 1.54) is 11.0 Å². The molecular formula is C10H16N2O2. The van der Waals surface area contributed by atoms with E-state index in [4.69, 9.17) is 5.73 Å². The summed E-state index contributed by atoms with van der Waals surface area (Å²) in [4.78, 5) is 1.49. The lowest BCUT2D eigenvalue weighted by molar-refractivity contribution is -0.0278. The zero-order chi connectivity index (χ0) is 10.7. The summed E-state index contributed by atoms with van der Waals surface area (Å²) in [6.07, 6.45) is 4.01. The largest absolute Gasteiger partial charge is 0.399 e. The predicted octanol–water partition coefficient (Wildman–Crippen LogP) is -0.0863. The summed E-state index contributed by atoms with van der Waals surface area (Å²) in [6, 6.07) is 0. The Morgan fingerprint density at radius 2 is 2.29 bits per heavy atom. The number of hydrogen-bond acceptors (Lipinski definition) is 4. The SMILES string of the molecule is C=C/C(N)=C\C=C1/CC(O)N(C)C1O. The van der Waals surface area contributed by atoms with Gasteiger partial charge in [0.1, 0.15) is 12.5 Å². The first-order valence-electron chi connectivity index (χ1n) is 4.43. The molecule has 78 valence electrons. The topological polar surface area (TPSA) is 69.7 Å². The van der Waals surface area contributed by atoms with Gasteiger partial charge < -0.3 is 15.9 Å². The van der Waals surface area contributed by atoms with Gasteiger partial charge in [-0.1, -0.05) is 12.7 Å². The van der Waals surface area contributed by atoms with Crippen LogP contribution in [0, 0.1) is 0 Å². The number of nitrogens with two attached hydrogens (primary N) is 1. The second kappa shape index (κ2) is 4.41. The Bertz CT molecular complexity index is 284. The van der Waals surface area contributed by atoms with E-state index in [-0.39, 0.29) is 0 Å². The molecule has 0 saturated carbocycles. The van der Waals surface area contributed by atoms with Crippen molar-refractivity contribution in [3.05, 3.63) is 36.1 Å². The number of nitrogens with zero attached hydrogens (tertiary/aromatic N) is 1. The van der Waals surface area contributed by atoms with Crippen LogP contribution in [0.2, 0.25) is 0 Å². The van der Waals surface area contributed by atoms with Crippen LogP contribution < -0.4 is 5.73 Å². The molecule has 1 rings (SSSR count). The first-order chi connectivity index (χ1) is 6.56. The van der Waals surface area contributed by atoms with Gasteiger partial charge >= 0.3 is 0 Å². The zero-order valence-electron chi connectivity index (χ0n) is 8.22. The normalized spacial score (nSPS) is 32.5. The van der Waals surface area contributed by atoms with E-state index in [9.17, 15) is 10.2 Å². The maximum atomic E-state index is 9.62. The van der Waals surface area contributed by atoms with E-state index < -0.39 is 12.5 Å². The summed E-state index contributed by atoms with van der Waals surface area (Å²) in [7, 11) is 1.66. The minimum absolute atomic E-state index is 0.443. The Hall–Kier alpha value is -1.10. The molecule has 1 aliphatic heterocycles. The lowest BCUT2D eigenvalue weighted by Crippen LogP contribution is -2.31. The van der Waals surface area contributed by atoms with Gasteiger partial charge in [-0.25, -0.2) is 0 Å². The van der Waals surface area contributed by atoms with Crippen LogP contribution in [0.1, 0.15) is 6.42 Å².